The Bertz CT molecular complexity index is 525. The molecule has 0 saturated heterocycles. The van der Waals surface area contributed by atoms with Crippen LogP contribution in [0.25, 0.3) is 0 Å². The summed E-state index contributed by atoms with van der Waals surface area (Å²) in [6.07, 6.45) is 6.76. The third-order valence-corrected chi connectivity index (χ3v) is 6.17. The van der Waals surface area contributed by atoms with Crippen molar-refractivity contribution in [3.05, 3.63) is 29.3 Å². The van der Waals surface area contributed by atoms with E-state index in [1.54, 1.807) is 6.92 Å². The topological polar surface area (TPSA) is 20.3 Å². The summed E-state index contributed by atoms with van der Waals surface area (Å²) in [5.41, 5.74) is 1.02. The summed E-state index contributed by atoms with van der Waals surface area (Å²) in [5, 5.41) is 0.729. The van der Waals surface area contributed by atoms with Crippen LogP contribution in [-0.4, -0.2) is 11.9 Å². The van der Waals surface area contributed by atoms with Gasteiger partial charge in [-0.05, 0) is 80.0 Å². The molecule has 21 heavy (non-hydrogen) atoms. The Hall–Kier alpha value is -1.02. The molecule has 0 heterocycles. The molecule has 0 N–H and O–H groups in total. The van der Waals surface area contributed by atoms with E-state index in [0.717, 1.165) is 22.5 Å². The van der Waals surface area contributed by atoms with Crippen LogP contribution in [0.5, 0.6) is 0 Å². The molecule has 4 fully saturated rings. The van der Waals surface area contributed by atoms with Crippen molar-refractivity contribution in [1.29, 1.82) is 0 Å². The minimum Gasteiger partial charge on any atom is -0.309 e. The molecular formula is C18H22ClNO. The second kappa shape index (κ2) is 5.01. The van der Waals surface area contributed by atoms with E-state index in [1.165, 1.54) is 32.1 Å². The first kappa shape index (κ1) is 13.6. The molecule has 0 unspecified atom stereocenters. The van der Waals surface area contributed by atoms with Gasteiger partial charge in [0.15, 0.2) is 0 Å². The third-order valence-electron chi connectivity index (χ3n) is 5.92. The van der Waals surface area contributed by atoms with Crippen molar-refractivity contribution < 1.29 is 4.79 Å². The number of hydrogen-bond acceptors (Lipinski definition) is 1. The number of anilines is 1. The predicted octanol–water partition coefficient (Wildman–Crippen LogP) is 4.52. The van der Waals surface area contributed by atoms with E-state index in [1.807, 2.05) is 24.3 Å². The van der Waals surface area contributed by atoms with Gasteiger partial charge in [-0.2, -0.15) is 0 Å². The van der Waals surface area contributed by atoms with Gasteiger partial charge in [0, 0.05) is 23.7 Å². The number of carbonyl (C=O) groups excluding carboxylic acids is 1. The first-order valence-corrected chi connectivity index (χ1v) is 8.55. The molecule has 4 saturated carbocycles. The lowest BCUT2D eigenvalue weighted by Gasteiger charge is -2.57. The highest BCUT2D eigenvalue weighted by Crippen LogP contribution is 2.55. The Morgan fingerprint density at radius 2 is 1.52 bits per heavy atom. The lowest BCUT2D eigenvalue weighted by Crippen LogP contribution is -2.57. The van der Waals surface area contributed by atoms with Gasteiger partial charge in [-0.15, -0.1) is 0 Å². The molecule has 4 aliphatic carbocycles. The number of hydrogen-bond donors (Lipinski definition) is 0. The molecule has 5 rings (SSSR count). The van der Waals surface area contributed by atoms with Crippen LogP contribution >= 0.6 is 11.6 Å². The zero-order valence-corrected chi connectivity index (χ0v) is 13.2. The summed E-state index contributed by atoms with van der Waals surface area (Å²) in [5.74, 6) is 3.46. The van der Waals surface area contributed by atoms with Crippen molar-refractivity contribution in [1.82, 2.24) is 0 Å². The fourth-order valence-electron chi connectivity index (χ4n) is 5.48. The number of benzene rings is 1. The molecule has 2 nitrogen and oxygen atoms in total. The molecular weight excluding hydrogens is 282 g/mol. The van der Waals surface area contributed by atoms with Gasteiger partial charge < -0.3 is 4.90 Å². The van der Waals surface area contributed by atoms with E-state index >= 15 is 0 Å². The normalized spacial score (nSPS) is 36.8. The fraction of sp³-hybridized carbons (Fsp3) is 0.611. The average Bonchev–Trinajstić information content (AvgIpc) is 2.43. The van der Waals surface area contributed by atoms with Crippen LogP contribution in [0.1, 0.15) is 39.0 Å². The maximum absolute atomic E-state index is 12.3. The van der Waals surface area contributed by atoms with Gasteiger partial charge in [-0.3, -0.25) is 4.79 Å². The van der Waals surface area contributed by atoms with Crippen LogP contribution in [0.3, 0.4) is 0 Å². The Morgan fingerprint density at radius 1 is 1.00 bits per heavy atom. The summed E-state index contributed by atoms with van der Waals surface area (Å²) in [6, 6.07) is 8.19. The van der Waals surface area contributed by atoms with Crippen molar-refractivity contribution in [2.45, 2.75) is 45.1 Å². The molecule has 0 atom stereocenters. The SMILES string of the molecule is CC(=O)N(c1ccc(Cl)cc1)C1C2CC3CC(C2)CC1C3. The lowest BCUT2D eigenvalue weighted by atomic mass is 9.54. The Morgan fingerprint density at radius 3 is 2.00 bits per heavy atom. The number of nitrogens with zero attached hydrogens (tertiary/aromatic N) is 1. The monoisotopic (exact) mass is 303 g/mol. The zero-order valence-electron chi connectivity index (χ0n) is 12.5. The number of rotatable bonds is 2. The highest BCUT2D eigenvalue weighted by molar-refractivity contribution is 6.30. The van der Waals surface area contributed by atoms with Crippen LogP contribution in [0.4, 0.5) is 5.69 Å². The molecule has 3 heteroatoms. The van der Waals surface area contributed by atoms with E-state index in [-0.39, 0.29) is 5.91 Å². The highest BCUT2D eigenvalue weighted by Gasteiger charge is 2.50. The zero-order chi connectivity index (χ0) is 14.6. The molecule has 4 bridgehead atoms. The van der Waals surface area contributed by atoms with Gasteiger partial charge in [0.2, 0.25) is 5.91 Å². The van der Waals surface area contributed by atoms with Crippen LogP contribution in [0, 0.1) is 23.7 Å². The predicted molar refractivity (Wildman–Crippen MR) is 85.4 cm³/mol. The average molecular weight is 304 g/mol. The van der Waals surface area contributed by atoms with Crippen LogP contribution in [0.15, 0.2) is 24.3 Å². The van der Waals surface area contributed by atoms with E-state index in [4.69, 9.17) is 11.6 Å². The second-order valence-corrected chi connectivity index (χ2v) is 7.72. The third kappa shape index (κ3) is 2.28. The van der Waals surface area contributed by atoms with Gasteiger partial charge in [-0.1, -0.05) is 11.6 Å². The van der Waals surface area contributed by atoms with Crippen LogP contribution < -0.4 is 4.90 Å². The van der Waals surface area contributed by atoms with Crippen molar-refractivity contribution >= 4 is 23.2 Å². The summed E-state index contributed by atoms with van der Waals surface area (Å²) in [7, 11) is 0. The number of halogens is 1. The van der Waals surface area contributed by atoms with Crippen molar-refractivity contribution in [2.75, 3.05) is 4.90 Å². The number of amides is 1. The molecule has 0 spiro atoms. The molecule has 0 aliphatic heterocycles. The first-order chi connectivity index (χ1) is 10.1. The lowest BCUT2D eigenvalue weighted by molar-refractivity contribution is -0.119. The molecule has 1 aromatic carbocycles. The largest absolute Gasteiger partial charge is 0.309 e. The van der Waals surface area contributed by atoms with E-state index in [2.05, 4.69) is 4.90 Å². The van der Waals surface area contributed by atoms with E-state index < -0.39 is 0 Å². The molecule has 0 aromatic heterocycles. The van der Waals surface area contributed by atoms with Gasteiger partial charge in [-0.25, -0.2) is 0 Å². The van der Waals surface area contributed by atoms with Gasteiger partial charge >= 0.3 is 0 Å². The summed E-state index contributed by atoms with van der Waals surface area (Å²) >= 11 is 6.00. The molecule has 1 aromatic rings. The Balaban J connectivity index is 1.68. The summed E-state index contributed by atoms with van der Waals surface area (Å²) in [4.78, 5) is 14.4. The quantitative estimate of drug-likeness (QED) is 0.786. The molecule has 4 aliphatic rings. The fourth-order valence-corrected chi connectivity index (χ4v) is 5.61. The molecule has 0 radical (unpaired) electrons. The van der Waals surface area contributed by atoms with Gasteiger partial charge in [0.05, 0.1) is 0 Å². The maximum atomic E-state index is 12.3. The summed E-state index contributed by atoms with van der Waals surface area (Å²) < 4.78 is 0. The highest BCUT2D eigenvalue weighted by atomic mass is 35.5. The standard InChI is InChI=1S/C18H22ClNO/c1-11(21)20(17-4-2-16(19)3-5-17)18-14-7-12-6-13(9-14)10-15(18)8-12/h2-5,12-15,18H,6-10H2,1H3. The minimum absolute atomic E-state index is 0.176. The Kier molecular flexibility index (Phi) is 3.25. The van der Waals surface area contributed by atoms with Crippen molar-refractivity contribution in [2.24, 2.45) is 23.7 Å². The second-order valence-electron chi connectivity index (χ2n) is 7.29. The van der Waals surface area contributed by atoms with Crippen LogP contribution in [-0.2, 0) is 4.79 Å². The van der Waals surface area contributed by atoms with Crippen LogP contribution in [0.2, 0.25) is 5.02 Å². The van der Waals surface area contributed by atoms with Crippen molar-refractivity contribution in [3.63, 3.8) is 0 Å². The van der Waals surface area contributed by atoms with Gasteiger partial charge in [0.1, 0.15) is 0 Å². The smallest absolute Gasteiger partial charge is 0.224 e. The van der Waals surface area contributed by atoms with Crippen molar-refractivity contribution in [3.8, 4) is 0 Å². The van der Waals surface area contributed by atoms with Gasteiger partial charge in [0.25, 0.3) is 0 Å². The molecule has 112 valence electrons. The Labute approximate surface area is 131 Å². The summed E-state index contributed by atoms with van der Waals surface area (Å²) in [6.45, 7) is 1.71. The number of carbonyl (C=O) groups is 1. The van der Waals surface area contributed by atoms with E-state index in [0.29, 0.717) is 17.9 Å². The molecule has 1 amide bonds. The maximum Gasteiger partial charge on any atom is 0.224 e. The minimum atomic E-state index is 0.176. The first-order valence-electron chi connectivity index (χ1n) is 8.17. The van der Waals surface area contributed by atoms with E-state index in [9.17, 15) is 4.79 Å².